The summed E-state index contributed by atoms with van der Waals surface area (Å²) < 4.78 is 0. The third-order valence-corrected chi connectivity index (χ3v) is 1.61. The quantitative estimate of drug-likeness (QED) is 0.521. The van der Waals surface area contributed by atoms with Gasteiger partial charge in [-0.15, -0.1) is 6.58 Å². The van der Waals surface area contributed by atoms with Crippen molar-refractivity contribution in [2.75, 3.05) is 13.6 Å². The van der Waals surface area contributed by atoms with Crippen LogP contribution in [0.3, 0.4) is 0 Å². The molecule has 0 aromatic rings. The van der Waals surface area contributed by atoms with Crippen LogP contribution < -0.4 is 0 Å². The van der Waals surface area contributed by atoms with Crippen molar-refractivity contribution >= 4 is 0 Å². The second-order valence-electron chi connectivity index (χ2n) is 2.46. The predicted molar refractivity (Wildman–Crippen MR) is 42.6 cm³/mol. The van der Waals surface area contributed by atoms with Gasteiger partial charge in [0.15, 0.2) is 0 Å². The van der Waals surface area contributed by atoms with Gasteiger partial charge in [0.1, 0.15) is 0 Å². The number of hydrogen-bond donors (Lipinski definition) is 0. The molecule has 1 unspecified atom stereocenters. The fraction of sp³-hybridized carbons (Fsp3) is 0.750. The van der Waals surface area contributed by atoms with Gasteiger partial charge in [-0.1, -0.05) is 13.0 Å². The monoisotopic (exact) mass is 127 g/mol. The Hall–Kier alpha value is -0.300. The molecule has 0 aliphatic rings. The summed E-state index contributed by atoms with van der Waals surface area (Å²) in [6.45, 7) is 9.22. The van der Waals surface area contributed by atoms with Crippen LogP contribution in [0.5, 0.6) is 0 Å². The van der Waals surface area contributed by atoms with Crippen molar-refractivity contribution in [3.05, 3.63) is 12.7 Å². The first kappa shape index (κ1) is 8.70. The van der Waals surface area contributed by atoms with E-state index < -0.39 is 0 Å². The summed E-state index contributed by atoms with van der Waals surface area (Å²) in [7, 11) is 2.12. The first-order valence-corrected chi connectivity index (χ1v) is 3.55. The highest BCUT2D eigenvalue weighted by Crippen LogP contribution is 1.95. The van der Waals surface area contributed by atoms with Crippen LogP contribution in [0.4, 0.5) is 0 Å². The van der Waals surface area contributed by atoms with Gasteiger partial charge < -0.3 is 4.90 Å². The zero-order valence-corrected chi connectivity index (χ0v) is 6.72. The van der Waals surface area contributed by atoms with Gasteiger partial charge in [-0.3, -0.25) is 0 Å². The van der Waals surface area contributed by atoms with E-state index in [0.717, 1.165) is 6.54 Å². The molecule has 1 heteroatoms. The molecule has 1 atom stereocenters. The van der Waals surface area contributed by atoms with Crippen molar-refractivity contribution < 1.29 is 0 Å². The highest BCUT2D eigenvalue weighted by atomic mass is 15.1. The third-order valence-electron chi connectivity index (χ3n) is 1.61. The Morgan fingerprint density at radius 3 is 2.56 bits per heavy atom. The Bertz CT molecular complexity index is 78.6. The van der Waals surface area contributed by atoms with Crippen molar-refractivity contribution in [3.8, 4) is 0 Å². The minimum absolute atomic E-state index is 0.518. The summed E-state index contributed by atoms with van der Waals surface area (Å²) in [4.78, 5) is 2.28. The van der Waals surface area contributed by atoms with Gasteiger partial charge in [0.25, 0.3) is 0 Å². The average molecular weight is 127 g/mol. The maximum atomic E-state index is 3.72. The number of likely N-dealkylation sites (N-methyl/N-ethyl adjacent to an activating group) is 1. The smallest absolute Gasteiger partial charge is 0.0244 e. The van der Waals surface area contributed by atoms with E-state index in [4.69, 9.17) is 0 Å². The van der Waals surface area contributed by atoms with Crippen LogP contribution in [0.1, 0.15) is 20.3 Å². The van der Waals surface area contributed by atoms with E-state index in [0.29, 0.717) is 6.04 Å². The van der Waals surface area contributed by atoms with Crippen LogP contribution in [0.25, 0.3) is 0 Å². The topological polar surface area (TPSA) is 3.24 Å². The summed E-state index contributed by atoms with van der Waals surface area (Å²) >= 11 is 0. The highest BCUT2D eigenvalue weighted by Gasteiger charge is 2.00. The predicted octanol–water partition coefficient (Wildman–Crippen LogP) is 1.90. The molecule has 0 saturated heterocycles. The molecule has 0 radical (unpaired) electrons. The number of nitrogens with zero attached hydrogens (tertiary/aromatic N) is 1. The molecule has 0 N–H and O–H groups in total. The SMILES string of the molecule is C=CC(C)N(C)CCC. The van der Waals surface area contributed by atoms with Gasteiger partial charge >= 0.3 is 0 Å². The van der Waals surface area contributed by atoms with Crippen molar-refractivity contribution in [2.24, 2.45) is 0 Å². The minimum atomic E-state index is 0.518. The van der Waals surface area contributed by atoms with Crippen molar-refractivity contribution in [1.29, 1.82) is 0 Å². The van der Waals surface area contributed by atoms with E-state index in [1.165, 1.54) is 6.42 Å². The van der Waals surface area contributed by atoms with Crippen LogP contribution in [0.2, 0.25) is 0 Å². The zero-order chi connectivity index (χ0) is 7.28. The van der Waals surface area contributed by atoms with Crippen molar-refractivity contribution in [3.63, 3.8) is 0 Å². The second kappa shape index (κ2) is 4.57. The Labute approximate surface area is 58.4 Å². The van der Waals surface area contributed by atoms with Crippen molar-refractivity contribution in [2.45, 2.75) is 26.3 Å². The van der Waals surface area contributed by atoms with Gasteiger partial charge in [0.2, 0.25) is 0 Å². The molecule has 0 aromatic carbocycles. The van der Waals surface area contributed by atoms with E-state index in [1.807, 2.05) is 6.08 Å². The maximum absolute atomic E-state index is 3.72. The van der Waals surface area contributed by atoms with E-state index in [1.54, 1.807) is 0 Å². The summed E-state index contributed by atoms with van der Waals surface area (Å²) in [5.74, 6) is 0. The standard InChI is InChI=1S/C8H17N/c1-5-7-9(4)8(3)6-2/h6,8H,2,5,7H2,1,3-4H3. The third kappa shape index (κ3) is 3.31. The minimum Gasteiger partial charge on any atom is -0.300 e. The van der Waals surface area contributed by atoms with Crippen molar-refractivity contribution in [1.82, 2.24) is 4.90 Å². The van der Waals surface area contributed by atoms with Gasteiger partial charge in [-0.2, -0.15) is 0 Å². The first-order chi connectivity index (χ1) is 4.22. The molecule has 0 aliphatic carbocycles. The molecule has 9 heavy (non-hydrogen) atoms. The van der Waals surface area contributed by atoms with E-state index in [2.05, 4.69) is 32.4 Å². The summed E-state index contributed by atoms with van der Waals surface area (Å²) in [6.07, 6.45) is 3.18. The van der Waals surface area contributed by atoms with Crippen LogP contribution in [-0.2, 0) is 0 Å². The second-order valence-corrected chi connectivity index (χ2v) is 2.46. The first-order valence-electron chi connectivity index (χ1n) is 3.55. The molecule has 0 fully saturated rings. The number of rotatable bonds is 4. The van der Waals surface area contributed by atoms with Crippen LogP contribution in [-0.4, -0.2) is 24.5 Å². The molecule has 54 valence electrons. The van der Waals surface area contributed by atoms with Gasteiger partial charge in [-0.25, -0.2) is 0 Å². The molecule has 0 amide bonds. The molecule has 0 aliphatic heterocycles. The van der Waals surface area contributed by atoms with Gasteiger partial charge in [-0.05, 0) is 26.9 Å². The van der Waals surface area contributed by atoms with Crippen LogP contribution in [0.15, 0.2) is 12.7 Å². The molecule has 1 nitrogen and oxygen atoms in total. The molecule has 0 aromatic heterocycles. The molecule has 0 saturated carbocycles. The summed E-state index contributed by atoms with van der Waals surface area (Å²) in [5.41, 5.74) is 0. The molecular weight excluding hydrogens is 110 g/mol. The normalized spacial score (nSPS) is 13.8. The highest BCUT2D eigenvalue weighted by molar-refractivity contribution is 4.81. The zero-order valence-electron chi connectivity index (χ0n) is 6.72. The largest absolute Gasteiger partial charge is 0.300 e. The lowest BCUT2D eigenvalue weighted by atomic mass is 10.3. The van der Waals surface area contributed by atoms with Gasteiger partial charge in [0.05, 0.1) is 0 Å². The molecule has 0 heterocycles. The fourth-order valence-electron chi connectivity index (χ4n) is 0.736. The van der Waals surface area contributed by atoms with E-state index >= 15 is 0 Å². The molecule has 0 spiro atoms. The Morgan fingerprint density at radius 2 is 2.22 bits per heavy atom. The van der Waals surface area contributed by atoms with Crippen LogP contribution >= 0.6 is 0 Å². The lowest BCUT2D eigenvalue weighted by Crippen LogP contribution is -2.27. The molecule has 0 rings (SSSR count). The van der Waals surface area contributed by atoms with E-state index in [-0.39, 0.29) is 0 Å². The Balaban J connectivity index is 3.44. The Morgan fingerprint density at radius 1 is 1.67 bits per heavy atom. The summed E-state index contributed by atoms with van der Waals surface area (Å²) in [6, 6.07) is 0.518. The lowest BCUT2D eigenvalue weighted by molar-refractivity contribution is 0.298. The van der Waals surface area contributed by atoms with Crippen LogP contribution in [0, 0.1) is 0 Å². The maximum Gasteiger partial charge on any atom is 0.0244 e. The van der Waals surface area contributed by atoms with Gasteiger partial charge in [0, 0.05) is 6.04 Å². The average Bonchev–Trinajstić information content (AvgIpc) is 1.87. The number of hydrogen-bond acceptors (Lipinski definition) is 1. The lowest BCUT2D eigenvalue weighted by Gasteiger charge is -2.20. The fourth-order valence-corrected chi connectivity index (χ4v) is 0.736. The molecule has 0 bridgehead atoms. The molecular formula is C8H17N. The van der Waals surface area contributed by atoms with E-state index in [9.17, 15) is 0 Å². The summed E-state index contributed by atoms with van der Waals surface area (Å²) in [5, 5.41) is 0. The Kier molecular flexibility index (Phi) is 4.41.